The Bertz CT molecular complexity index is 624. The number of hydrogen-bond donors (Lipinski definition) is 0. The molecule has 0 radical (unpaired) electrons. The fourth-order valence-corrected chi connectivity index (χ4v) is 2.93. The molecule has 1 aliphatic heterocycles. The van der Waals surface area contributed by atoms with E-state index in [1.54, 1.807) is 12.0 Å². The van der Waals surface area contributed by atoms with E-state index in [1.807, 2.05) is 49.5 Å². The number of methoxy groups -OCH3 is 1. The molecule has 1 saturated heterocycles. The molecule has 0 spiro atoms. The molecule has 0 unspecified atom stereocenters. The second-order valence-corrected chi connectivity index (χ2v) is 5.02. The fourth-order valence-electron chi connectivity index (χ4n) is 2.93. The van der Waals surface area contributed by atoms with Crippen LogP contribution in [0.4, 0.5) is 0 Å². The summed E-state index contributed by atoms with van der Waals surface area (Å²) in [6, 6.07) is 18.0. The second kappa shape index (κ2) is 5.00. The third kappa shape index (κ3) is 1.86. The van der Waals surface area contributed by atoms with Crippen LogP contribution in [0.5, 0.6) is 5.75 Å². The topological polar surface area (TPSA) is 29.5 Å². The summed E-state index contributed by atoms with van der Waals surface area (Å²) in [5.74, 6) is 0.766. The Morgan fingerprint density at radius 2 is 1.65 bits per heavy atom. The van der Waals surface area contributed by atoms with Gasteiger partial charge in [-0.15, -0.1) is 0 Å². The number of carbonyl (C=O) groups is 1. The molecule has 3 heteroatoms. The Hall–Kier alpha value is -2.29. The standard InChI is InChI=1S/C17H17NO2/c1-18-16(12-8-4-3-5-9-12)15(17(18)19)13-10-6-7-11-14(13)20-2/h3-11,15-16H,1-2H3/t15-,16-/m1/s1. The van der Waals surface area contributed by atoms with Gasteiger partial charge in [0.1, 0.15) is 5.75 Å². The summed E-state index contributed by atoms with van der Waals surface area (Å²) in [7, 11) is 3.50. The first-order valence-electron chi connectivity index (χ1n) is 6.68. The van der Waals surface area contributed by atoms with Gasteiger partial charge in [0.05, 0.1) is 19.1 Å². The van der Waals surface area contributed by atoms with Gasteiger partial charge < -0.3 is 9.64 Å². The van der Waals surface area contributed by atoms with E-state index in [4.69, 9.17) is 4.74 Å². The first-order chi connectivity index (χ1) is 9.74. The van der Waals surface area contributed by atoms with Crippen LogP contribution in [-0.4, -0.2) is 25.0 Å². The molecule has 102 valence electrons. The molecule has 1 aliphatic rings. The van der Waals surface area contributed by atoms with Gasteiger partial charge in [-0.25, -0.2) is 0 Å². The van der Waals surface area contributed by atoms with Gasteiger partial charge in [0.15, 0.2) is 0 Å². The lowest BCUT2D eigenvalue weighted by Crippen LogP contribution is -2.50. The van der Waals surface area contributed by atoms with Crippen molar-refractivity contribution in [2.75, 3.05) is 14.2 Å². The number of rotatable bonds is 3. The second-order valence-electron chi connectivity index (χ2n) is 5.02. The zero-order chi connectivity index (χ0) is 14.1. The fraction of sp³-hybridized carbons (Fsp3) is 0.235. The van der Waals surface area contributed by atoms with Crippen molar-refractivity contribution in [3.05, 3.63) is 65.7 Å². The number of likely N-dealkylation sites (tertiary alicyclic amines) is 1. The van der Waals surface area contributed by atoms with Crippen LogP contribution in [0.25, 0.3) is 0 Å². The van der Waals surface area contributed by atoms with E-state index in [2.05, 4.69) is 12.1 Å². The number of hydrogen-bond acceptors (Lipinski definition) is 2. The maximum absolute atomic E-state index is 12.3. The van der Waals surface area contributed by atoms with Crippen molar-refractivity contribution in [2.24, 2.45) is 0 Å². The van der Waals surface area contributed by atoms with E-state index in [0.29, 0.717) is 0 Å². The molecule has 1 fully saturated rings. The number of likely N-dealkylation sites (N-methyl/N-ethyl adjacent to an activating group) is 1. The van der Waals surface area contributed by atoms with Crippen molar-refractivity contribution in [3.63, 3.8) is 0 Å². The highest BCUT2D eigenvalue weighted by Crippen LogP contribution is 2.47. The maximum Gasteiger partial charge on any atom is 0.233 e. The highest BCUT2D eigenvalue weighted by Gasteiger charge is 2.47. The van der Waals surface area contributed by atoms with Crippen LogP contribution in [0.2, 0.25) is 0 Å². The Morgan fingerprint density at radius 3 is 2.35 bits per heavy atom. The Kier molecular flexibility index (Phi) is 3.18. The first-order valence-corrected chi connectivity index (χ1v) is 6.68. The van der Waals surface area contributed by atoms with Crippen LogP contribution in [0.3, 0.4) is 0 Å². The molecule has 0 N–H and O–H groups in total. The number of nitrogens with zero attached hydrogens (tertiary/aromatic N) is 1. The van der Waals surface area contributed by atoms with Gasteiger partial charge in [0, 0.05) is 12.6 Å². The molecule has 1 amide bonds. The summed E-state index contributed by atoms with van der Waals surface area (Å²) in [5, 5.41) is 0. The van der Waals surface area contributed by atoms with Crippen LogP contribution < -0.4 is 4.74 Å². The molecule has 3 nitrogen and oxygen atoms in total. The molecule has 3 rings (SSSR count). The average Bonchev–Trinajstić information content (AvgIpc) is 2.52. The highest BCUT2D eigenvalue weighted by atomic mass is 16.5. The van der Waals surface area contributed by atoms with Gasteiger partial charge in [-0.3, -0.25) is 4.79 Å². The first kappa shape index (κ1) is 12.7. The Balaban J connectivity index is 2.01. The molecule has 0 aliphatic carbocycles. The van der Waals surface area contributed by atoms with Gasteiger partial charge in [-0.2, -0.15) is 0 Å². The van der Waals surface area contributed by atoms with Crippen molar-refractivity contribution in [3.8, 4) is 5.75 Å². The van der Waals surface area contributed by atoms with E-state index in [-0.39, 0.29) is 17.9 Å². The molecule has 2 aromatic rings. The summed E-state index contributed by atoms with van der Waals surface area (Å²) in [6.45, 7) is 0. The van der Waals surface area contributed by atoms with Gasteiger partial charge in [0.2, 0.25) is 5.91 Å². The van der Waals surface area contributed by atoms with Crippen LogP contribution in [0, 0.1) is 0 Å². The summed E-state index contributed by atoms with van der Waals surface area (Å²) >= 11 is 0. The lowest BCUT2D eigenvalue weighted by molar-refractivity contribution is -0.147. The van der Waals surface area contributed by atoms with Crippen LogP contribution in [0.15, 0.2) is 54.6 Å². The molecular weight excluding hydrogens is 250 g/mol. The van der Waals surface area contributed by atoms with Gasteiger partial charge in [0.25, 0.3) is 0 Å². The van der Waals surface area contributed by atoms with E-state index in [0.717, 1.165) is 16.9 Å². The number of benzene rings is 2. The van der Waals surface area contributed by atoms with E-state index < -0.39 is 0 Å². The van der Waals surface area contributed by atoms with Crippen molar-refractivity contribution in [2.45, 2.75) is 12.0 Å². The highest BCUT2D eigenvalue weighted by molar-refractivity contribution is 5.92. The quantitative estimate of drug-likeness (QED) is 0.800. The third-order valence-corrected chi connectivity index (χ3v) is 3.96. The minimum atomic E-state index is -0.154. The van der Waals surface area contributed by atoms with Crippen LogP contribution in [-0.2, 0) is 4.79 Å². The predicted octanol–water partition coefficient (Wildman–Crippen LogP) is 2.99. The molecule has 0 bridgehead atoms. The summed E-state index contributed by atoms with van der Waals surface area (Å²) in [4.78, 5) is 14.1. The Morgan fingerprint density at radius 1 is 1.00 bits per heavy atom. The normalized spacial score (nSPS) is 21.5. The molecular formula is C17H17NO2. The van der Waals surface area contributed by atoms with Gasteiger partial charge in [-0.05, 0) is 11.6 Å². The average molecular weight is 267 g/mol. The van der Waals surface area contributed by atoms with Gasteiger partial charge >= 0.3 is 0 Å². The van der Waals surface area contributed by atoms with Crippen LogP contribution in [0.1, 0.15) is 23.1 Å². The van der Waals surface area contributed by atoms with Crippen molar-refractivity contribution in [1.82, 2.24) is 4.90 Å². The van der Waals surface area contributed by atoms with Gasteiger partial charge in [-0.1, -0.05) is 48.5 Å². The number of amides is 1. The minimum absolute atomic E-state index is 0.0833. The van der Waals surface area contributed by atoms with Crippen molar-refractivity contribution >= 4 is 5.91 Å². The van der Waals surface area contributed by atoms with Crippen molar-refractivity contribution < 1.29 is 9.53 Å². The SMILES string of the molecule is COc1ccccc1[C@H]1C(=O)N(C)[C@@H]1c1ccccc1. The maximum atomic E-state index is 12.3. The summed E-state index contributed by atoms with van der Waals surface area (Å²) in [6.07, 6.45) is 0. The largest absolute Gasteiger partial charge is 0.496 e. The van der Waals surface area contributed by atoms with E-state index in [1.165, 1.54) is 0 Å². The third-order valence-electron chi connectivity index (χ3n) is 3.96. The molecule has 2 aromatic carbocycles. The predicted molar refractivity (Wildman–Crippen MR) is 77.7 cm³/mol. The van der Waals surface area contributed by atoms with Crippen molar-refractivity contribution in [1.29, 1.82) is 0 Å². The molecule has 0 aromatic heterocycles. The zero-order valence-electron chi connectivity index (χ0n) is 11.6. The number of para-hydroxylation sites is 1. The molecule has 2 atom stereocenters. The number of carbonyl (C=O) groups excluding carboxylic acids is 1. The monoisotopic (exact) mass is 267 g/mol. The summed E-state index contributed by atoms with van der Waals surface area (Å²) < 4.78 is 5.40. The van der Waals surface area contributed by atoms with Crippen LogP contribution >= 0.6 is 0 Å². The zero-order valence-corrected chi connectivity index (χ0v) is 11.6. The van der Waals surface area contributed by atoms with E-state index in [9.17, 15) is 4.79 Å². The smallest absolute Gasteiger partial charge is 0.233 e. The number of ether oxygens (including phenoxy) is 1. The lowest BCUT2D eigenvalue weighted by Gasteiger charge is -2.45. The molecule has 1 heterocycles. The van der Waals surface area contributed by atoms with E-state index >= 15 is 0 Å². The number of β-lactam (4-membered cyclic amide) rings is 1. The minimum Gasteiger partial charge on any atom is -0.496 e. The Labute approximate surface area is 118 Å². The lowest BCUT2D eigenvalue weighted by atomic mass is 9.78. The molecule has 0 saturated carbocycles. The summed E-state index contributed by atoms with van der Waals surface area (Å²) in [5.41, 5.74) is 2.12. The molecule has 20 heavy (non-hydrogen) atoms.